The summed E-state index contributed by atoms with van der Waals surface area (Å²) in [5.41, 5.74) is 1.36. The maximum Gasteiger partial charge on any atom is 0.262 e. The molecule has 8 nitrogen and oxygen atoms in total. The van der Waals surface area contributed by atoms with Crippen molar-refractivity contribution < 1.29 is 28.5 Å². The Morgan fingerprint density at radius 2 is 1.31 bits per heavy atom. The minimum absolute atomic E-state index is 0.175. The Labute approximate surface area is 186 Å². The van der Waals surface area contributed by atoms with E-state index in [0.717, 1.165) is 0 Å². The van der Waals surface area contributed by atoms with E-state index in [1.807, 2.05) is 0 Å². The Morgan fingerprint density at radius 1 is 0.719 bits per heavy atom. The van der Waals surface area contributed by atoms with Gasteiger partial charge in [0, 0.05) is 11.3 Å². The maximum atomic E-state index is 12.6. The van der Waals surface area contributed by atoms with Crippen LogP contribution in [-0.2, 0) is 4.79 Å². The van der Waals surface area contributed by atoms with Crippen LogP contribution in [0.2, 0.25) is 0 Å². The predicted octanol–water partition coefficient (Wildman–Crippen LogP) is 3.98. The zero-order chi connectivity index (χ0) is 22.9. The van der Waals surface area contributed by atoms with E-state index in [0.29, 0.717) is 39.9 Å². The van der Waals surface area contributed by atoms with E-state index in [9.17, 15) is 9.59 Å². The molecule has 8 heteroatoms. The van der Waals surface area contributed by atoms with Gasteiger partial charge in [-0.15, -0.1) is 0 Å². The molecule has 0 atom stereocenters. The molecule has 0 spiro atoms. The number of hydrogen-bond donors (Lipinski definition) is 2. The van der Waals surface area contributed by atoms with Gasteiger partial charge >= 0.3 is 0 Å². The summed E-state index contributed by atoms with van der Waals surface area (Å²) in [6.07, 6.45) is 0. The van der Waals surface area contributed by atoms with Crippen molar-refractivity contribution in [2.75, 3.05) is 38.6 Å². The highest BCUT2D eigenvalue weighted by Crippen LogP contribution is 2.28. The van der Waals surface area contributed by atoms with Crippen LogP contribution in [0, 0.1) is 0 Å². The molecule has 0 unspecified atom stereocenters. The zero-order valence-corrected chi connectivity index (χ0v) is 18.0. The lowest BCUT2D eigenvalue weighted by atomic mass is 10.2. The van der Waals surface area contributed by atoms with Gasteiger partial charge in [-0.2, -0.15) is 0 Å². The van der Waals surface area contributed by atoms with Crippen LogP contribution in [0.5, 0.6) is 23.0 Å². The highest BCUT2D eigenvalue weighted by molar-refractivity contribution is 6.05. The predicted molar refractivity (Wildman–Crippen MR) is 121 cm³/mol. The maximum absolute atomic E-state index is 12.6. The average molecular weight is 436 g/mol. The first kappa shape index (κ1) is 22.5. The highest BCUT2D eigenvalue weighted by Gasteiger charge is 2.12. The van der Waals surface area contributed by atoms with Gasteiger partial charge in [-0.1, -0.05) is 0 Å². The Kier molecular flexibility index (Phi) is 7.53. The lowest BCUT2D eigenvalue weighted by molar-refractivity contribution is -0.118. The molecule has 0 fully saturated rings. The molecule has 166 valence electrons. The molecular formula is C24H24N2O6. The van der Waals surface area contributed by atoms with Crippen LogP contribution in [-0.4, -0.2) is 39.8 Å². The molecule has 2 N–H and O–H groups in total. The summed E-state index contributed by atoms with van der Waals surface area (Å²) in [5.74, 6) is 1.68. The van der Waals surface area contributed by atoms with Crippen molar-refractivity contribution in [2.24, 2.45) is 0 Å². The fourth-order valence-electron chi connectivity index (χ4n) is 2.84. The van der Waals surface area contributed by atoms with E-state index in [1.54, 1.807) is 80.9 Å². The van der Waals surface area contributed by atoms with Crippen LogP contribution >= 0.6 is 0 Å². The number of ether oxygens (including phenoxy) is 4. The number of anilines is 2. The Bertz CT molecular complexity index is 1060. The zero-order valence-electron chi connectivity index (χ0n) is 18.0. The van der Waals surface area contributed by atoms with Gasteiger partial charge in [0.2, 0.25) is 0 Å². The van der Waals surface area contributed by atoms with Crippen LogP contribution in [0.1, 0.15) is 10.4 Å². The third-order valence-electron chi connectivity index (χ3n) is 4.51. The smallest absolute Gasteiger partial charge is 0.262 e. The monoisotopic (exact) mass is 436 g/mol. The second-order valence-electron chi connectivity index (χ2n) is 6.61. The third kappa shape index (κ3) is 5.91. The first-order valence-electron chi connectivity index (χ1n) is 9.72. The largest absolute Gasteiger partial charge is 0.497 e. The molecule has 0 saturated heterocycles. The second-order valence-corrected chi connectivity index (χ2v) is 6.61. The van der Waals surface area contributed by atoms with Gasteiger partial charge in [0.05, 0.1) is 27.0 Å². The Morgan fingerprint density at radius 3 is 1.91 bits per heavy atom. The topological polar surface area (TPSA) is 95.1 Å². The minimum Gasteiger partial charge on any atom is -0.497 e. The molecule has 0 heterocycles. The Balaban J connectivity index is 1.63. The van der Waals surface area contributed by atoms with Crippen molar-refractivity contribution in [3.05, 3.63) is 72.3 Å². The summed E-state index contributed by atoms with van der Waals surface area (Å²) >= 11 is 0. The molecule has 32 heavy (non-hydrogen) atoms. The molecule has 2 amide bonds. The summed E-state index contributed by atoms with van der Waals surface area (Å²) in [6.45, 7) is -0.175. The molecule has 0 bridgehead atoms. The fourth-order valence-corrected chi connectivity index (χ4v) is 2.84. The summed E-state index contributed by atoms with van der Waals surface area (Å²) in [5, 5.41) is 5.54. The normalized spacial score (nSPS) is 10.1. The van der Waals surface area contributed by atoms with Crippen molar-refractivity contribution in [1.82, 2.24) is 0 Å². The van der Waals surface area contributed by atoms with Gasteiger partial charge in [0.25, 0.3) is 11.8 Å². The number of benzene rings is 3. The lowest BCUT2D eigenvalue weighted by Gasteiger charge is -2.13. The van der Waals surface area contributed by atoms with E-state index in [2.05, 4.69) is 10.6 Å². The van der Waals surface area contributed by atoms with Crippen LogP contribution in [0.15, 0.2) is 66.7 Å². The summed E-state index contributed by atoms with van der Waals surface area (Å²) in [7, 11) is 4.63. The molecule has 0 aliphatic heterocycles. The number of rotatable bonds is 9. The fraction of sp³-hybridized carbons (Fsp3) is 0.167. The molecule has 0 aliphatic rings. The van der Waals surface area contributed by atoms with Gasteiger partial charge in [0.15, 0.2) is 6.61 Å². The van der Waals surface area contributed by atoms with E-state index >= 15 is 0 Å². The average Bonchev–Trinajstić information content (AvgIpc) is 2.83. The minimum atomic E-state index is -0.349. The molecule has 0 radical (unpaired) electrons. The first-order valence-corrected chi connectivity index (χ1v) is 9.72. The molecule has 0 saturated carbocycles. The number of amides is 2. The quantitative estimate of drug-likeness (QED) is 0.527. The van der Waals surface area contributed by atoms with Crippen molar-refractivity contribution in [2.45, 2.75) is 0 Å². The third-order valence-corrected chi connectivity index (χ3v) is 4.51. The number of nitrogens with one attached hydrogen (secondary N) is 2. The molecule has 3 aromatic carbocycles. The molecule has 0 aliphatic carbocycles. The van der Waals surface area contributed by atoms with Crippen molar-refractivity contribution in [3.8, 4) is 23.0 Å². The van der Waals surface area contributed by atoms with E-state index in [1.165, 1.54) is 7.11 Å². The van der Waals surface area contributed by atoms with Gasteiger partial charge in [-0.05, 0) is 66.7 Å². The summed E-state index contributed by atoms with van der Waals surface area (Å²) < 4.78 is 21.0. The van der Waals surface area contributed by atoms with Gasteiger partial charge in [-0.25, -0.2) is 0 Å². The van der Waals surface area contributed by atoms with Crippen molar-refractivity contribution in [3.63, 3.8) is 0 Å². The Hall–Kier alpha value is -4.20. The van der Waals surface area contributed by atoms with Crippen LogP contribution < -0.4 is 29.6 Å². The standard InChI is InChI=1S/C24H24N2O6/c1-29-18-7-4-16(5-8-18)24(28)26-21-14-17(6-13-22(21)31-3)25-23(27)15-32-20-11-9-19(30-2)10-12-20/h4-14H,15H2,1-3H3,(H,25,27)(H,26,28). The number of carbonyl (C=O) groups excluding carboxylic acids is 2. The van der Waals surface area contributed by atoms with Gasteiger partial charge < -0.3 is 29.6 Å². The van der Waals surface area contributed by atoms with Crippen molar-refractivity contribution in [1.29, 1.82) is 0 Å². The second kappa shape index (κ2) is 10.7. The first-order chi connectivity index (χ1) is 15.5. The van der Waals surface area contributed by atoms with E-state index in [4.69, 9.17) is 18.9 Å². The molecule has 3 rings (SSSR count). The molecular weight excluding hydrogens is 412 g/mol. The van der Waals surface area contributed by atoms with Crippen LogP contribution in [0.4, 0.5) is 11.4 Å². The van der Waals surface area contributed by atoms with Gasteiger partial charge in [-0.3, -0.25) is 9.59 Å². The van der Waals surface area contributed by atoms with E-state index < -0.39 is 0 Å². The highest BCUT2D eigenvalue weighted by atomic mass is 16.5. The number of carbonyl (C=O) groups is 2. The number of methoxy groups -OCH3 is 3. The molecule has 0 aromatic heterocycles. The lowest BCUT2D eigenvalue weighted by Crippen LogP contribution is -2.20. The summed E-state index contributed by atoms with van der Waals surface area (Å²) in [4.78, 5) is 24.9. The van der Waals surface area contributed by atoms with Crippen molar-refractivity contribution >= 4 is 23.2 Å². The summed E-state index contributed by atoms with van der Waals surface area (Å²) in [6, 6.07) is 18.6. The SMILES string of the molecule is COc1ccc(OCC(=O)Nc2ccc(OC)c(NC(=O)c3ccc(OC)cc3)c2)cc1. The van der Waals surface area contributed by atoms with Gasteiger partial charge in [0.1, 0.15) is 23.0 Å². The van der Waals surface area contributed by atoms with Crippen LogP contribution in [0.3, 0.4) is 0 Å². The molecule has 3 aromatic rings. The van der Waals surface area contributed by atoms with E-state index in [-0.39, 0.29) is 18.4 Å². The van der Waals surface area contributed by atoms with Crippen LogP contribution in [0.25, 0.3) is 0 Å². The number of hydrogen-bond acceptors (Lipinski definition) is 6.